The minimum atomic E-state index is -1.02. The Kier molecular flexibility index (Phi) is 4.78. The van der Waals surface area contributed by atoms with Gasteiger partial charge >= 0.3 is 0 Å². The first-order valence-electron chi connectivity index (χ1n) is 2.95. The molecule has 52 valence electrons. The highest BCUT2D eigenvalue weighted by atomic mass is 16.4. The summed E-state index contributed by atoms with van der Waals surface area (Å²) in [7, 11) is 0. The molecule has 0 unspecified atom stereocenters. The van der Waals surface area contributed by atoms with Crippen LogP contribution < -0.4 is 5.11 Å². The molecule has 0 fully saturated rings. The molecule has 0 aromatic heterocycles. The third kappa shape index (κ3) is 7.14. The fourth-order valence-electron chi connectivity index (χ4n) is 0.403. The van der Waals surface area contributed by atoms with Crippen molar-refractivity contribution in [2.45, 2.75) is 19.8 Å². The number of carboxylic acids is 1. The third-order valence-electron chi connectivity index (χ3n) is 0.789. The van der Waals surface area contributed by atoms with Crippen LogP contribution in [0.3, 0.4) is 0 Å². The van der Waals surface area contributed by atoms with Gasteiger partial charge in [-0.2, -0.15) is 0 Å². The highest BCUT2D eigenvalue weighted by Gasteiger charge is 1.80. The molecule has 0 saturated carbocycles. The lowest BCUT2D eigenvalue weighted by Crippen LogP contribution is -2.21. The summed E-state index contributed by atoms with van der Waals surface area (Å²) >= 11 is 0. The van der Waals surface area contributed by atoms with Gasteiger partial charge in [0.05, 0.1) is 0 Å². The van der Waals surface area contributed by atoms with Crippen LogP contribution in [0.25, 0.3) is 0 Å². The summed E-state index contributed by atoms with van der Waals surface area (Å²) in [6, 6.07) is 0. The number of rotatable bonds is 4. The molecular weight excluding hydrogens is 118 g/mol. The number of nitrogens with zero attached hydrogens (tertiary/aromatic N) is 1. The van der Waals surface area contributed by atoms with E-state index < -0.39 is 5.97 Å². The first kappa shape index (κ1) is 8.14. The minimum Gasteiger partial charge on any atom is -0.550 e. The van der Waals surface area contributed by atoms with Crippen LogP contribution in [0.1, 0.15) is 19.8 Å². The van der Waals surface area contributed by atoms with Gasteiger partial charge in [-0.3, -0.25) is 4.99 Å². The van der Waals surface area contributed by atoms with Crippen LogP contribution in [-0.4, -0.2) is 18.7 Å². The van der Waals surface area contributed by atoms with Gasteiger partial charge in [-0.05, 0) is 26.0 Å². The topological polar surface area (TPSA) is 52.5 Å². The maximum atomic E-state index is 9.79. The van der Waals surface area contributed by atoms with E-state index in [4.69, 9.17) is 0 Å². The van der Waals surface area contributed by atoms with Crippen molar-refractivity contribution in [2.75, 3.05) is 6.54 Å². The summed E-state index contributed by atoms with van der Waals surface area (Å²) in [5.74, 6) is -1.02. The van der Waals surface area contributed by atoms with E-state index in [1.807, 2.05) is 6.92 Å². The molecule has 0 N–H and O–H groups in total. The van der Waals surface area contributed by atoms with Crippen LogP contribution >= 0.6 is 0 Å². The number of carbonyl (C=O) groups excluding carboxylic acids is 1. The van der Waals surface area contributed by atoms with Gasteiger partial charge in [0.1, 0.15) is 0 Å². The van der Waals surface area contributed by atoms with Crippen LogP contribution in [0.15, 0.2) is 4.99 Å². The molecule has 3 heteroatoms. The van der Waals surface area contributed by atoms with Gasteiger partial charge in [0.25, 0.3) is 0 Å². The summed E-state index contributed by atoms with van der Waals surface area (Å²) in [5.41, 5.74) is 0. The molecule has 0 aliphatic rings. The van der Waals surface area contributed by atoms with Crippen molar-refractivity contribution in [3.05, 3.63) is 0 Å². The Hall–Kier alpha value is -0.860. The zero-order valence-electron chi connectivity index (χ0n) is 5.46. The molecular formula is C6H10NO2-. The van der Waals surface area contributed by atoms with Crippen molar-refractivity contribution < 1.29 is 9.90 Å². The predicted octanol–water partition coefficient (Wildman–Crippen LogP) is -0.393. The molecule has 0 aliphatic heterocycles. The fraction of sp³-hybridized carbons (Fsp3) is 0.667. The Morgan fingerprint density at radius 2 is 2.44 bits per heavy atom. The first-order chi connectivity index (χ1) is 4.27. The molecule has 0 aromatic carbocycles. The number of hydrogen-bond donors (Lipinski definition) is 0. The lowest BCUT2D eigenvalue weighted by atomic mass is 10.3. The van der Waals surface area contributed by atoms with E-state index in [0.29, 0.717) is 13.0 Å². The molecule has 0 bridgehead atoms. The van der Waals surface area contributed by atoms with Crippen molar-refractivity contribution in [2.24, 2.45) is 4.99 Å². The molecule has 0 spiro atoms. The van der Waals surface area contributed by atoms with Crippen LogP contribution in [0.4, 0.5) is 0 Å². The average Bonchev–Trinajstić information content (AvgIpc) is 1.80. The number of aliphatic carboxylic acids is 1. The van der Waals surface area contributed by atoms with Crippen LogP contribution in [0, 0.1) is 0 Å². The second-order valence-corrected chi connectivity index (χ2v) is 1.59. The van der Waals surface area contributed by atoms with Crippen molar-refractivity contribution >= 4 is 12.2 Å². The summed E-state index contributed by atoms with van der Waals surface area (Å²) in [4.78, 5) is 13.6. The van der Waals surface area contributed by atoms with Gasteiger partial charge in [0, 0.05) is 12.5 Å². The summed E-state index contributed by atoms with van der Waals surface area (Å²) in [6.07, 6.45) is 2.16. The normalized spacial score (nSPS) is 10.3. The Bertz CT molecular complexity index is 110. The molecule has 0 aliphatic carbocycles. The van der Waals surface area contributed by atoms with Crippen molar-refractivity contribution in [1.82, 2.24) is 0 Å². The van der Waals surface area contributed by atoms with E-state index in [9.17, 15) is 9.90 Å². The largest absolute Gasteiger partial charge is 0.550 e. The van der Waals surface area contributed by atoms with E-state index in [0.717, 1.165) is 0 Å². The minimum absolute atomic E-state index is 0.0729. The number of aliphatic imine (C=N–C) groups is 1. The van der Waals surface area contributed by atoms with Gasteiger partial charge in [0.15, 0.2) is 0 Å². The molecule has 0 amide bonds. The van der Waals surface area contributed by atoms with Crippen LogP contribution in [0.5, 0.6) is 0 Å². The predicted molar refractivity (Wildman–Crippen MR) is 33.3 cm³/mol. The molecule has 0 radical (unpaired) electrons. The average molecular weight is 128 g/mol. The second kappa shape index (κ2) is 5.28. The zero-order chi connectivity index (χ0) is 7.11. The quantitative estimate of drug-likeness (QED) is 0.484. The zero-order valence-corrected chi connectivity index (χ0v) is 5.46. The smallest absolute Gasteiger partial charge is 0.0417 e. The summed E-state index contributed by atoms with van der Waals surface area (Å²) in [5, 5.41) is 9.79. The molecule has 9 heavy (non-hydrogen) atoms. The maximum Gasteiger partial charge on any atom is 0.0417 e. The highest BCUT2D eigenvalue weighted by Crippen LogP contribution is 1.81. The van der Waals surface area contributed by atoms with E-state index in [2.05, 4.69) is 4.99 Å². The molecule has 3 nitrogen and oxygen atoms in total. The Morgan fingerprint density at radius 3 is 2.89 bits per heavy atom. The van der Waals surface area contributed by atoms with Gasteiger partial charge in [-0.1, -0.05) is 0 Å². The van der Waals surface area contributed by atoms with E-state index in [1.165, 1.54) is 0 Å². The van der Waals surface area contributed by atoms with Crippen molar-refractivity contribution in [3.63, 3.8) is 0 Å². The van der Waals surface area contributed by atoms with Gasteiger partial charge in [-0.15, -0.1) is 0 Å². The molecule has 0 aromatic rings. The first-order valence-corrected chi connectivity index (χ1v) is 2.95. The Morgan fingerprint density at radius 1 is 1.78 bits per heavy atom. The number of hydrogen-bond acceptors (Lipinski definition) is 3. The SMILES string of the molecule is CCN=CCCC(=O)[O-]. The highest BCUT2D eigenvalue weighted by molar-refractivity contribution is 5.69. The van der Waals surface area contributed by atoms with Crippen molar-refractivity contribution in [3.8, 4) is 0 Å². The Balaban J connectivity index is 3.09. The maximum absolute atomic E-state index is 9.79. The molecule has 0 atom stereocenters. The number of carboxylic acid groups (broad SMARTS) is 1. The fourth-order valence-corrected chi connectivity index (χ4v) is 0.403. The summed E-state index contributed by atoms with van der Waals surface area (Å²) < 4.78 is 0. The summed E-state index contributed by atoms with van der Waals surface area (Å²) in [6.45, 7) is 2.61. The second-order valence-electron chi connectivity index (χ2n) is 1.59. The van der Waals surface area contributed by atoms with E-state index >= 15 is 0 Å². The van der Waals surface area contributed by atoms with Gasteiger partial charge < -0.3 is 9.90 Å². The van der Waals surface area contributed by atoms with Crippen LogP contribution in [-0.2, 0) is 4.79 Å². The lowest BCUT2D eigenvalue weighted by Gasteiger charge is -1.94. The Labute approximate surface area is 54.4 Å². The lowest BCUT2D eigenvalue weighted by molar-refractivity contribution is -0.305. The standard InChI is InChI=1S/C6H11NO2/c1-2-7-5-3-4-6(8)9/h5H,2-4H2,1H3,(H,8,9)/p-1. The molecule has 0 saturated heterocycles. The third-order valence-corrected chi connectivity index (χ3v) is 0.789. The number of carbonyl (C=O) groups is 1. The van der Waals surface area contributed by atoms with Crippen molar-refractivity contribution in [1.29, 1.82) is 0 Å². The molecule has 0 rings (SSSR count). The van der Waals surface area contributed by atoms with Gasteiger partial charge in [-0.25, -0.2) is 0 Å². The van der Waals surface area contributed by atoms with E-state index in [1.54, 1.807) is 6.21 Å². The van der Waals surface area contributed by atoms with Crippen LogP contribution in [0.2, 0.25) is 0 Å². The monoisotopic (exact) mass is 128 g/mol. The molecule has 0 heterocycles. The van der Waals surface area contributed by atoms with E-state index in [-0.39, 0.29) is 6.42 Å². The van der Waals surface area contributed by atoms with Gasteiger partial charge in [0.2, 0.25) is 0 Å².